The first-order valence-electron chi connectivity index (χ1n) is 11.5. The zero-order valence-electron chi connectivity index (χ0n) is 19.3. The molecular formula is C27H34O5. The Labute approximate surface area is 191 Å². The molecule has 2 aromatic rings. The highest BCUT2D eigenvalue weighted by Gasteiger charge is 2.43. The largest absolute Gasteiger partial charge is 0.512 e. The topological polar surface area (TPSA) is 65.0 Å². The summed E-state index contributed by atoms with van der Waals surface area (Å²) in [6, 6.07) is 15.9. The second-order valence-electron chi connectivity index (χ2n) is 8.45. The van der Waals surface area contributed by atoms with Crippen LogP contribution >= 0.6 is 0 Å². The Hall–Kier alpha value is -2.95. The number of carbonyl (C=O) groups excluding carboxylic acids is 1. The lowest BCUT2D eigenvalue weighted by Crippen LogP contribution is -2.45. The third-order valence-corrected chi connectivity index (χ3v) is 6.24. The number of aliphatic hydroxyl groups excluding tert-OH is 1. The van der Waals surface area contributed by atoms with Gasteiger partial charge in [-0.2, -0.15) is 0 Å². The maximum atomic E-state index is 12.2. The fourth-order valence-corrected chi connectivity index (χ4v) is 4.60. The summed E-state index contributed by atoms with van der Waals surface area (Å²) in [6.45, 7) is 4.72. The summed E-state index contributed by atoms with van der Waals surface area (Å²) in [5, 5.41) is 10.2. The molecule has 0 bridgehead atoms. The average Bonchev–Trinajstić information content (AvgIpc) is 2.80. The Morgan fingerprint density at radius 2 is 1.88 bits per heavy atom. The lowest BCUT2D eigenvalue weighted by atomic mass is 9.75. The molecule has 2 aromatic carbocycles. The molecule has 0 aliphatic carbocycles. The number of aryl methyl sites for hydroxylation is 1. The van der Waals surface area contributed by atoms with Gasteiger partial charge in [0.25, 0.3) is 0 Å². The molecule has 0 saturated heterocycles. The number of aliphatic hydroxyl groups is 1. The Morgan fingerprint density at radius 3 is 2.53 bits per heavy atom. The van der Waals surface area contributed by atoms with Crippen molar-refractivity contribution in [3.05, 3.63) is 71.5 Å². The smallest absolute Gasteiger partial charge is 0.334 e. The van der Waals surface area contributed by atoms with Crippen LogP contribution in [0.3, 0.4) is 0 Å². The molecule has 2 unspecified atom stereocenters. The van der Waals surface area contributed by atoms with Gasteiger partial charge in [0.05, 0.1) is 13.2 Å². The first kappa shape index (κ1) is 23.7. The van der Waals surface area contributed by atoms with Gasteiger partial charge in [-0.05, 0) is 54.9 Å². The Balaban J connectivity index is 1.74. The van der Waals surface area contributed by atoms with Gasteiger partial charge in [-0.15, -0.1) is 0 Å². The highest BCUT2D eigenvalue weighted by Crippen LogP contribution is 2.41. The average molecular weight is 439 g/mol. The van der Waals surface area contributed by atoms with Gasteiger partial charge >= 0.3 is 5.97 Å². The predicted molar refractivity (Wildman–Crippen MR) is 125 cm³/mol. The molecule has 0 amide bonds. The van der Waals surface area contributed by atoms with E-state index in [4.69, 9.17) is 14.2 Å². The van der Waals surface area contributed by atoms with Crippen LogP contribution in [-0.2, 0) is 22.6 Å². The number of hydrogen-bond acceptors (Lipinski definition) is 5. The number of rotatable bonds is 11. The number of carbonyl (C=O) groups is 1. The minimum Gasteiger partial charge on any atom is -0.512 e. The fraction of sp³-hybridized carbons (Fsp3) is 0.444. The van der Waals surface area contributed by atoms with Gasteiger partial charge < -0.3 is 19.3 Å². The fourth-order valence-electron chi connectivity index (χ4n) is 4.60. The monoisotopic (exact) mass is 438 g/mol. The number of methoxy groups -OCH3 is 1. The summed E-state index contributed by atoms with van der Waals surface area (Å²) in [6.07, 6.45) is 5.75. The normalized spacial score (nSPS) is 19.1. The van der Waals surface area contributed by atoms with E-state index in [0.717, 1.165) is 30.4 Å². The highest BCUT2D eigenvalue weighted by molar-refractivity contribution is 5.83. The summed E-state index contributed by atoms with van der Waals surface area (Å²) in [5.41, 5.74) is 1.48. The number of benzene rings is 2. The third kappa shape index (κ3) is 5.84. The molecule has 32 heavy (non-hydrogen) atoms. The van der Waals surface area contributed by atoms with Crippen molar-refractivity contribution in [1.29, 1.82) is 0 Å². The van der Waals surface area contributed by atoms with Crippen molar-refractivity contribution in [3.63, 3.8) is 0 Å². The predicted octanol–water partition coefficient (Wildman–Crippen LogP) is 6.16. The Kier molecular flexibility index (Phi) is 8.20. The maximum absolute atomic E-state index is 12.2. The third-order valence-electron chi connectivity index (χ3n) is 6.24. The van der Waals surface area contributed by atoms with Crippen molar-refractivity contribution in [1.82, 2.24) is 0 Å². The van der Waals surface area contributed by atoms with E-state index in [0.29, 0.717) is 37.4 Å². The Bertz CT molecular complexity index is 921. The summed E-state index contributed by atoms with van der Waals surface area (Å²) < 4.78 is 17.4. The molecule has 0 saturated carbocycles. The second kappa shape index (κ2) is 11.1. The van der Waals surface area contributed by atoms with E-state index in [2.05, 4.69) is 13.8 Å². The lowest BCUT2D eigenvalue weighted by Gasteiger charge is -2.41. The second-order valence-corrected chi connectivity index (χ2v) is 8.45. The summed E-state index contributed by atoms with van der Waals surface area (Å²) >= 11 is 0. The van der Waals surface area contributed by atoms with Crippen molar-refractivity contribution in [3.8, 4) is 11.5 Å². The standard InChI is InChI=1S/C27H34O5/c1-4-9-22(5-2)27(18-23(28)17-26(29)32-27)15-14-20-12-13-24(25(16-20)30-3)31-19-21-10-7-6-8-11-21/h6-8,10-13,16-17,22,28H,4-5,9,14-15,18-19H2,1-3H3. The SMILES string of the molecule is CCCC(CC)C1(CCc2ccc(OCc3ccccc3)c(OC)c2)CC(O)=CC(=O)O1. The number of hydrogen-bond donors (Lipinski definition) is 1. The van der Waals surface area contributed by atoms with Crippen LogP contribution in [-0.4, -0.2) is 23.8 Å². The number of ether oxygens (including phenoxy) is 3. The molecule has 3 rings (SSSR count). The van der Waals surface area contributed by atoms with Crippen molar-refractivity contribution in [2.75, 3.05) is 7.11 Å². The van der Waals surface area contributed by atoms with E-state index in [-0.39, 0.29) is 11.7 Å². The first-order valence-corrected chi connectivity index (χ1v) is 11.5. The molecule has 1 aliphatic heterocycles. The molecule has 1 N–H and O–H groups in total. The van der Waals surface area contributed by atoms with Gasteiger partial charge in [0.15, 0.2) is 11.5 Å². The van der Waals surface area contributed by atoms with E-state index in [1.807, 2.05) is 48.5 Å². The number of cyclic esters (lactones) is 1. The van der Waals surface area contributed by atoms with E-state index >= 15 is 0 Å². The first-order chi connectivity index (χ1) is 15.5. The highest BCUT2D eigenvalue weighted by atomic mass is 16.6. The van der Waals surface area contributed by atoms with Gasteiger partial charge in [0, 0.05) is 6.42 Å². The van der Waals surface area contributed by atoms with Crippen LogP contribution in [0.4, 0.5) is 0 Å². The van der Waals surface area contributed by atoms with Crippen LogP contribution in [0.2, 0.25) is 0 Å². The van der Waals surface area contributed by atoms with Crippen molar-refractivity contribution >= 4 is 5.97 Å². The van der Waals surface area contributed by atoms with Crippen molar-refractivity contribution < 1.29 is 24.1 Å². The van der Waals surface area contributed by atoms with Crippen LogP contribution in [0.25, 0.3) is 0 Å². The van der Waals surface area contributed by atoms with E-state index in [9.17, 15) is 9.90 Å². The molecule has 0 spiro atoms. The lowest BCUT2D eigenvalue weighted by molar-refractivity contribution is -0.166. The summed E-state index contributed by atoms with van der Waals surface area (Å²) in [7, 11) is 1.64. The molecular weight excluding hydrogens is 404 g/mol. The molecule has 5 nitrogen and oxygen atoms in total. The van der Waals surface area contributed by atoms with Crippen LogP contribution < -0.4 is 9.47 Å². The summed E-state index contributed by atoms with van der Waals surface area (Å²) in [4.78, 5) is 12.2. The van der Waals surface area contributed by atoms with Gasteiger partial charge in [0.1, 0.15) is 18.0 Å². The quantitative estimate of drug-likeness (QED) is 0.426. The van der Waals surface area contributed by atoms with Crippen LogP contribution in [0, 0.1) is 5.92 Å². The van der Waals surface area contributed by atoms with Gasteiger partial charge in [-0.25, -0.2) is 4.79 Å². The molecule has 5 heteroatoms. The molecule has 0 aromatic heterocycles. The zero-order valence-corrected chi connectivity index (χ0v) is 19.3. The zero-order chi connectivity index (χ0) is 23.0. The minimum atomic E-state index is -0.684. The molecule has 0 fully saturated rings. The van der Waals surface area contributed by atoms with E-state index in [1.165, 1.54) is 6.08 Å². The molecule has 2 atom stereocenters. The Morgan fingerprint density at radius 1 is 1.09 bits per heavy atom. The van der Waals surface area contributed by atoms with Crippen LogP contribution in [0.5, 0.6) is 11.5 Å². The number of esters is 1. The van der Waals surface area contributed by atoms with Gasteiger partial charge in [0.2, 0.25) is 0 Å². The molecule has 1 aliphatic rings. The van der Waals surface area contributed by atoms with Crippen molar-refractivity contribution in [2.45, 2.75) is 64.6 Å². The summed E-state index contributed by atoms with van der Waals surface area (Å²) in [5.74, 6) is 1.22. The molecule has 172 valence electrons. The molecule has 1 heterocycles. The van der Waals surface area contributed by atoms with E-state index in [1.54, 1.807) is 7.11 Å². The van der Waals surface area contributed by atoms with Gasteiger partial charge in [-0.1, -0.05) is 56.7 Å². The van der Waals surface area contributed by atoms with Crippen LogP contribution in [0.1, 0.15) is 57.1 Å². The minimum absolute atomic E-state index is 0.109. The van der Waals surface area contributed by atoms with E-state index < -0.39 is 11.6 Å². The molecule has 0 radical (unpaired) electrons. The van der Waals surface area contributed by atoms with Crippen molar-refractivity contribution in [2.24, 2.45) is 5.92 Å². The maximum Gasteiger partial charge on any atom is 0.334 e. The van der Waals surface area contributed by atoms with Gasteiger partial charge in [-0.3, -0.25) is 0 Å². The van der Waals surface area contributed by atoms with Crippen LogP contribution in [0.15, 0.2) is 60.4 Å².